The second-order valence-corrected chi connectivity index (χ2v) is 6.03. The summed E-state index contributed by atoms with van der Waals surface area (Å²) in [6.07, 6.45) is 11.4. The zero-order valence-corrected chi connectivity index (χ0v) is 13.1. The molecule has 0 spiro atoms. The third-order valence-corrected chi connectivity index (χ3v) is 4.33. The zero-order chi connectivity index (χ0) is 14.2. The van der Waals surface area contributed by atoms with Crippen LogP contribution in [-0.2, 0) is 6.42 Å². The molecule has 0 heterocycles. The first-order valence-corrected chi connectivity index (χ1v) is 8.29. The smallest absolute Gasteiger partial charge is 0.0291 e. The van der Waals surface area contributed by atoms with Crippen LogP contribution >= 0.6 is 0 Å². The Morgan fingerprint density at radius 1 is 1.15 bits per heavy atom. The molecule has 0 saturated carbocycles. The highest BCUT2D eigenvalue weighted by Gasteiger charge is 2.07. The lowest BCUT2D eigenvalue weighted by molar-refractivity contribution is 0.572. The molecule has 0 aliphatic heterocycles. The Morgan fingerprint density at radius 2 is 1.95 bits per heavy atom. The fourth-order valence-electron chi connectivity index (χ4n) is 2.89. The van der Waals surface area contributed by atoms with Crippen LogP contribution in [0, 0.1) is 0 Å². The van der Waals surface area contributed by atoms with E-state index in [1.807, 2.05) is 0 Å². The lowest BCUT2D eigenvalue weighted by Gasteiger charge is -2.15. The molecule has 0 bridgehead atoms. The SMILES string of the molecule is CCCCc1ccc(C(C)NCCC2=CCCC2)cc1. The van der Waals surface area contributed by atoms with Crippen LogP contribution in [0.4, 0.5) is 0 Å². The molecular formula is C19H29N. The summed E-state index contributed by atoms with van der Waals surface area (Å²) < 4.78 is 0. The fourth-order valence-corrected chi connectivity index (χ4v) is 2.89. The van der Waals surface area contributed by atoms with E-state index in [0.717, 1.165) is 6.54 Å². The van der Waals surface area contributed by atoms with Gasteiger partial charge in [-0.15, -0.1) is 0 Å². The Balaban J connectivity index is 1.75. The summed E-state index contributed by atoms with van der Waals surface area (Å²) in [5.74, 6) is 0. The maximum atomic E-state index is 3.65. The van der Waals surface area contributed by atoms with E-state index in [1.54, 1.807) is 5.57 Å². The fraction of sp³-hybridized carbons (Fsp3) is 0.579. The van der Waals surface area contributed by atoms with E-state index in [2.05, 4.69) is 49.5 Å². The molecular weight excluding hydrogens is 242 g/mol. The summed E-state index contributed by atoms with van der Waals surface area (Å²) in [4.78, 5) is 0. The monoisotopic (exact) mass is 271 g/mol. The van der Waals surface area contributed by atoms with E-state index >= 15 is 0 Å². The van der Waals surface area contributed by atoms with E-state index in [4.69, 9.17) is 0 Å². The van der Waals surface area contributed by atoms with E-state index in [1.165, 1.54) is 56.1 Å². The van der Waals surface area contributed by atoms with Crippen molar-refractivity contribution in [3.63, 3.8) is 0 Å². The Morgan fingerprint density at radius 3 is 2.60 bits per heavy atom. The molecule has 0 radical (unpaired) electrons. The molecule has 0 saturated heterocycles. The first-order valence-electron chi connectivity index (χ1n) is 8.29. The third kappa shape index (κ3) is 4.79. The molecule has 0 fully saturated rings. The Labute approximate surface area is 124 Å². The lowest BCUT2D eigenvalue weighted by atomic mass is 10.0. The molecule has 20 heavy (non-hydrogen) atoms. The first kappa shape index (κ1) is 15.3. The van der Waals surface area contributed by atoms with Crippen LogP contribution in [-0.4, -0.2) is 6.54 Å². The summed E-state index contributed by atoms with van der Waals surface area (Å²) in [7, 11) is 0. The normalized spacial score (nSPS) is 16.2. The third-order valence-electron chi connectivity index (χ3n) is 4.33. The summed E-state index contributed by atoms with van der Waals surface area (Å²) in [5.41, 5.74) is 4.53. The summed E-state index contributed by atoms with van der Waals surface area (Å²) in [5, 5.41) is 3.65. The molecule has 0 aromatic heterocycles. The maximum absolute atomic E-state index is 3.65. The Hall–Kier alpha value is -1.08. The van der Waals surface area contributed by atoms with Crippen molar-refractivity contribution in [2.75, 3.05) is 6.54 Å². The zero-order valence-electron chi connectivity index (χ0n) is 13.1. The van der Waals surface area contributed by atoms with E-state index < -0.39 is 0 Å². The van der Waals surface area contributed by atoms with Gasteiger partial charge >= 0.3 is 0 Å². The van der Waals surface area contributed by atoms with Gasteiger partial charge in [-0.3, -0.25) is 0 Å². The number of rotatable bonds is 8. The van der Waals surface area contributed by atoms with Crippen molar-refractivity contribution in [3.05, 3.63) is 47.0 Å². The standard InChI is InChI=1S/C19H29N/c1-3-4-7-18-10-12-19(13-11-18)16(2)20-15-14-17-8-5-6-9-17/h8,10-13,16,20H,3-7,9,14-15H2,1-2H3. The number of hydrogen-bond donors (Lipinski definition) is 1. The second-order valence-electron chi connectivity index (χ2n) is 6.03. The minimum absolute atomic E-state index is 0.456. The number of nitrogens with one attached hydrogen (secondary N) is 1. The van der Waals surface area contributed by atoms with Gasteiger partial charge in [-0.1, -0.05) is 49.3 Å². The van der Waals surface area contributed by atoms with Gasteiger partial charge < -0.3 is 5.32 Å². The van der Waals surface area contributed by atoms with Crippen molar-refractivity contribution in [1.29, 1.82) is 0 Å². The topological polar surface area (TPSA) is 12.0 Å². The van der Waals surface area contributed by atoms with Crippen molar-refractivity contribution in [1.82, 2.24) is 5.32 Å². The predicted octanol–water partition coefficient (Wildman–Crippen LogP) is 5.18. The Kier molecular flexibility index (Phi) is 6.32. The number of hydrogen-bond acceptors (Lipinski definition) is 1. The average Bonchev–Trinajstić information content (AvgIpc) is 2.99. The molecule has 1 nitrogen and oxygen atoms in total. The molecule has 1 N–H and O–H groups in total. The van der Waals surface area contributed by atoms with Crippen molar-refractivity contribution >= 4 is 0 Å². The summed E-state index contributed by atoms with van der Waals surface area (Å²) >= 11 is 0. The minimum Gasteiger partial charge on any atom is -0.310 e. The van der Waals surface area contributed by atoms with E-state index in [0.29, 0.717) is 6.04 Å². The lowest BCUT2D eigenvalue weighted by Crippen LogP contribution is -2.20. The molecule has 1 aromatic carbocycles. The molecule has 1 aromatic rings. The largest absolute Gasteiger partial charge is 0.310 e. The number of allylic oxidation sites excluding steroid dienone is 1. The average molecular weight is 271 g/mol. The van der Waals surface area contributed by atoms with Crippen LogP contribution in [0.15, 0.2) is 35.9 Å². The van der Waals surface area contributed by atoms with Gasteiger partial charge in [0.2, 0.25) is 0 Å². The van der Waals surface area contributed by atoms with Crippen molar-refractivity contribution in [3.8, 4) is 0 Å². The first-order chi connectivity index (χ1) is 9.79. The van der Waals surface area contributed by atoms with Crippen molar-refractivity contribution in [2.45, 2.75) is 64.8 Å². The highest BCUT2D eigenvalue weighted by atomic mass is 14.9. The predicted molar refractivity (Wildman–Crippen MR) is 88.0 cm³/mol. The molecule has 1 heteroatoms. The van der Waals surface area contributed by atoms with Crippen LogP contribution in [0.2, 0.25) is 0 Å². The second kappa shape index (κ2) is 8.26. The van der Waals surface area contributed by atoms with Gasteiger partial charge in [-0.05, 0) is 63.1 Å². The van der Waals surface area contributed by atoms with Gasteiger partial charge in [-0.25, -0.2) is 0 Å². The molecule has 1 atom stereocenters. The number of benzene rings is 1. The van der Waals surface area contributed by atoms with Crippen molar-refractivity contribution in [2.24, 2.45) is 0 Å². The highest BCUT2D eigenvalue weighted by Crippen LogP contribution is 2.20. The van der Waals surface area contributed by atoms with Gasteiger partial charge in [0.15, 0.2) is 0 Å². The summed E-state index contributed by atoms with van der Waals surface area (Å²) in [6.45, 7) is 5.62. The van der Waals surface area contributed by atoms with Crippen LogP contribution in [0.5, 0.6) is 0 Å². The molecule has 1 aliphatic carbocycles. The molecule has 110 valence electrons. The number of unbranched alkanes of at least 4 members (excludes halogenated alkanes) is 1. The van der Waals surface area contributed by atoms with E-state index in [9.17, 15) is 0 Å². The molecule has 2 rings (SSSR count). The van der Waals surface area contributed by atoms with Gasteiger partial charge in [0.25, 0.3) is 0 Å². The van der Waals surface area contributed by atoms with E-state index in [-0.39, 0.29) is 0 Å². The Bertz CT molecular complexity index is 416. The van der Waals surface area contributed by atoms with Crippen LogP contribution in [0.25, 0.3) is 0 Å². The van der Waals surface area contributed by atoms with Gasteiger partial charge in [0, 0.05) is 6.04 Å². The molecule has 1 unspecified atom stereocenters. The highest BCUT2D eigenvalue weighted by molar-refractivity contribution is 5.24. The van der Waals surface area contributed by atoms with Crippen LogP contribution in [0.3, 0.4) is 0 Å². The number of aryl methyl sites for hydroxylation is 1. The van der Waals surface area contributed by atoms with Crippen LogP contribution < -0.4 is 5.32 Å². The molecule has 1 aliphatic rings. The minimum atomic E-state index is 0.456. The maximum Gasteiger partial charge on any atom is 0.0291 e. The van der Waals surface area contributed by atoms with Gasteiger partial charge in [-0.2, -0.15) is 0 Å². The molecule has 0 amide bonds. The summed E-state index contributed by atoms with van der Waals surface area (Å²) in [6, 6.07) is 9.62. The van der Waals surface area contributed by atoms with Crippen molar-refractivity contribution < 1.29 is 0 Å². The van der Waals surface area contributed by atoms with Gasteiger partial charge in [0.05, 0.1) is 0 Å². The van der Waals surface area contributed by atoms with Gasteiger partial charge in [0.1, 0.15) is 0 Å². The quantitative estimate of drug-likeness (QED) is 0.642. The van der Waals surface area contributed by atoms with Crippen LogP contribution in [0.1, 0.15) is 69.5 Å².